The van der Waals surface area contributed by atoms with Crippen LogP contribution in [-0.2, 0) is 24.3 Å². The van der Waals surface area contributed by atoms with Crippen molar-refractivity contribution < 1.29 is 23.4 Å². The molecule has 0 unspecified atom stereocenters. The smallest absolute Gasteiger partial charge is 0.287 e. The fourth-order valence-electron chi connectivity index (χ4n) is 3.79. The number of para-hydroxylation sites is 1. The Labute approximate surface area is 176 Å². The van der Waals surface area contributed by atoms with E-state index in [9.17, 15) is 4.79 Å². The van der Waals surface area contributed by atoms with Crippen LogP contribution >= 0.6 is 0 Å². The average molecular weight is 409 g/mol. The molecule has 1 aliphatic heterocycles. The van der Waals surface area contributed by atoms with Gasteiger partial charge < -0.3 is 23.9 Å². The maximum Gasteiger partial charge on any atom is 0.287 e. The van der Waals surface area contributed by atoms with Gasteiger partial charge in [-0.25, -0.2) is 0 Å². The highest BCUT2D eigenvalue weighted by Crippen LogP contribution is 2.35. The SMILES string of the molecule is CCOCc1c(C(=O)NCc2cc3c(cc2OCC)C[C@H](C)O3)oc2ccccc12. The van der Waals surface area contributed by atoms with Crippen molar-refractivity contribution >= 4 is 16.9 Å². The Kier molecular flexibility index (Phi) is 5.95. The first kappa shape index (κ1) is 20.3. The molecule has 1 atom stereocenters. The molecule has 1 aromatic heterocycles. The number of ether oxygens (including phenoxy) is 3. The number of nitrogens with one attached hydrogen (secondary N) is 1. The maximum absolute atomic E-state index is 13.0. The molecule has 2 heterocycles. The van der Waals surface area contributed by atoms with E-state index in [1.807, 2.05) is 57.2 Å². The van der Waals surface area contributed by atoms with Gasteiger partial charge in [0.2, 0.25) is 0 Å². The van der Waals surface area contributed by atoms with Crippen LogP contribution in [0.2, 0.25) is 0 Å². The summed E-state index contributed by atoms with van der Waals surface area (Å²) in [4.78, 5) is 13.0. The second kappa shape index (κ2) is 8.79. The summed E-state index contributed by atoms with van der Waals surface area (Å²) in [6, 6.07) is 11.6. The quantitative estimate of drug-likeness (QED) is 0.588. The van der Waals surface area contributed by atoms with Crippen molar-refractivity contribution in [3.63, 3.8) is 0 Å². The standard InChI is InChI=1S/C24H27NO5/c1-4-27-14-19-18-8-6-7-9-20(18)30-23(19)24(26)25-13-17-12-22-16(10-15(3)29-22)11-21(17)28-5-2/h6-9,11-12,15H,4-5,10,13-14H2,1-3H3,(H,25,26)/t15-/m0/s1. The first-order valence-corrected chi connectivity index (χ1v) is 10.4. The van der Waals surface area contributed by atoms with Crippen molar-refractivity contribution in [2.75, 3.05) is 13.2 Å². The summed E-state index contributed by atoms with van der Waals surface area (Å²) in [6.07, 6.45) is 1.01. The maximum atomic E-state index is 13.0. The Morgan fingerprint density at radius 2 is 2.03 bits per heavy atom. The van der Waals surface area contributed by atoms with Crippen LogP contribution in [0.1, 0.15) is 48.0 Å². The van der Waals surface area contributed by atoms with Crippen molar-refractivity contribution in [2.45, 2.75) is 46.4 Å². The van der Waals surface area contributed by atoms with E-state index in [4.69, 9.17) is 18.6 Å². The Hall–Kier alpha value is -2.99. The lowest BCUT2D eigenvalue weighted by atomic mass is 10.1. The number of fused-ring (bicyclic) bond motifs is 2. The zero-order valence-electron chi connectivity index (χ0n) is 17.6. The fraction of sp³-hybridized carbons (Fsp3) is 0.375. The van der Waals surface area contributed by atoms with E-state index in [0.717, 1.165) is 40.0 Å². The summed E-state index contributed by atoms with van der Waals surface area (Å²) in [6.45, 7) is 7.67. The molecule has 0 bridgehead atoms. The highest BCUT2D eigenvalue weighted by Gasteiger charge is 2.24. The summed E-state index contributed by atoms with van der Waals surface area (Å²) in [5, 5.41) is 3.86. The number of hydrogen-bond donors (Lipinski definition) is 1. The summed E-state index contributed by atoms with van der Waals surface area (Å²) in [7, 11) is 0. The van der Waals surface area contributed by atoms with Crippen LogP contribution in [0.15, 0.2) is 40.8 Å². The number of benzene rings is 2. The molecule has 0 saturated carbocycles. The first-order valence-electron chi connectivity index (χ1n) is 10.4. The lowest BCUT2D eigenvalue weighted by Gasteiger charge is -2.13. The highest BCUT2D eigenvalue weighted by atomic mass is 16.5. The highest BCUT2D eigenvalue weighted by molar-refractivity contribution is 5.99. The summed E-state index contributed by atoms with van der Waals surface area (Å²) in [5.74, 6) is 1.64. The Morgan fingerprint density at radius 3 is 2.83 bits per heavy atom. The predicted molar refractivity (Wildman–Crippen MR) is 114 cm³/mol. The molecular formula is C24H27NO5. The van der Waals surface area contributed by atoms with Gasteiger partial charge in [-0.1, -0.05) is 18.2 Å². The zero-order chi connectivity index (χ0) is 21.1. The lowest BCUT2D eigenvalue weighted by Crippen LogP contribution is -2.24. The van der Waals surface area contributed by atoms with Crippen molar-refractivity contribution in [1.29, 1.82) is 0 Å². The van der Waals surface area contributed by atoms with E-state index in [0.29, 0.717) is 31.9 Å². The van der Waals surface area contributed by atoms with Gasteiger partial charge in [0.25, 0.3) is 5.91 Å². The number of carbonyl (C=O) groups is 1. The lowest BCUT2D eigenvalue weighted by molar-refractivity contribution is 0.0912. The van der Waals surface area contributed by atoms with E-state index < -0.39 is 0 Å². The molecule has 0 spiro atoms. The third kappa shape index (κ3) is 4.00. The molecule has 30 heavy (non-hydrogen) atoms. The summed E-state index contributed by atoms with van der Waals surface area (Å²) < 4.78 is 23.1. The minimum absolute atomic E-state index is 0.149. The summed E-state index contributed by atoms with van der Waals surface area (Å²) in [5.41, 5.74) is 3.45. The topological polar surface area (TPSA) is 69.9 Å². The molecule has 4 rings (SSSR count). The van der Waals surface area contributed by atoms with Gasteiger partial charge in [0.1, 0.15) is 23.2 Å². The number of hydrogen-bond acceptors (Lipinski definition) is 5. The minimum atomic E-state index is -0.280. The van der Waals surface area contributed by atoms with Crippen molar-refractivity contribution in [2.24, 2.45) is 0 Å². The summed E-state index contributed by atoms with van der Waals surface area (Å²) >= 11 is 0. The molecular weight excluding hydrogens is 382 g/mol. The normalized spacial score (nSPS) is 15.1. The first-order chi connectivity index (χ1) is 14.6. The molecule has 1 aliphatic rings. The van der Waals surface area contributed by atoms with Crippen molar-refractivity contribution in [3.05, 3.63) is 58.8 Å². The van der Waals surface area contributed by atoms with Gasteiger partial charge in [0, 0.05) is 41.6 Å². The molecule has 1 amide bonds. The molecule has 0 radical (unpaired) electrons. The Balaban J connectivity index is 1.57. The van der Waals surface area contributed by atoms with Crippen LogP contribution in [0, 0.1) is 0 Å². The second-order valence-corrected chi connectivity index (χ2v) is 7.36. The van der Waals surface area contributed by atoms with Crippen molar-refractivity contribution in [3.8, 4) is 11.5 Å². The van der Waals surface area contributed by atoms with Crippen LogP contribution in [0.4, 0.5) is 0 Å². The Morgan fingerprint density at radius 1 is 1.20 bits per heavy atom. The molecule has 158 valence electrons. The van der Waals surface area contributed by atoms with Crippen molar-refractivity contribution in [1.82, 2.24) is 5.32 Å². The van der Waals surface area contributed by atoms with Gasteiger partial charge in [-0.05, 0) is 39.0 Å². The van der Waals surface area contributed by atoms with E-state index in [1.165, 1.54) is 0 Å². The molecule has 0 fully saturated rings. The molecule has 6 nitrogen and oxygen atoms in total. The van der Waals surface area contributed by atoms with Crippen LogP contribution in [0.3, 0.4) is 0 Å². The Bertz CT molecular complexity index is 1060. The minimum Gasteiger partial charge on any atom is -0.494 e. The monoisotopic (exact) mass is 409 g/mol. The van der Waals surface area contributed by atoms with Crippen LogP contribution in [-0.4, -0.2) is 25.2 Å². The van der Waals surface area contributed by atoms with E-state index >= 15 is 0 Å². The third-order valence-corrected chi connectivity index (χ3v) is 5.17. The third-order valence-electron chi connectivity index (χ3n) is 5.17. The van der Waals surface area contributed by atoms with Gasteiger partial charge in [0.05, 0.1) is 13.2 Å². The second-order valence-electron chi connectivity index (χ2n) is 7.36. The largest absolute Gasteiger partial charge is 0.494 e. The number of furan rings is 1. The average Bonchev–Trinajstić information content (AvgIpc) is 3.29. The van der Waals surface area contributed by atoms with Crippen LogP contribution in [0.25, 0.3) is 11.0 Å². The van der Waals surface area contributed by atoms with Crippen LogP contribution in [0.5, 0.6) is 11.5 Å². The molecule has 3 aromatic rings. The number of rotatable bonds is 8. The van der Waals surface area contributed by atoms with Gasteiger partial charge in [-0.3, -0.25) is 4.79 Å². The fourth-order valence-corrected chi connectivity index (χ4v) is 3.79. The van der Waals surface area contributed by atoms with Gasteiger partial charge in [-0.15, -0.1) is 0 Å². The van der Waals surface area contributed by atoms with E-state index in [-0.39, 0.29) is 17.8 Å². The van der Waals surface area contributed by atoms with E-state index in [2.05, 4.69) is 5.32 Å². The van der Waals surface area contributed by atoms with E-state index in [1.54, 1.807) is 0 Å². The van der Waals surface area contributed by atoms with Gasteiger partial charge >= 0.3 is 0 Å². The molecule has 6 heteroatoms. The number of amides is 1. The molecule has 1 N–H and O–H groups in total. The molecule has 2 aromatic carbocycles. The van der Waals surface area contributed by atoms with Crippen LogP contribution < -0.4 is 14.8 Å². The van der Waals surface area contributed by atoms with Gasteiger partial charge in [-0.2, -0.15) is 0 Å². The molecule has 0 aliphatic carbocycles. The molecule has 0 saturated heterocycles. The zero-order valence-corrected chi connectivity index (χ0v) is 17.6. The van der Waals surface area contributed by atoms with Gasteiger partial charge in [0.15, 0.2) is 5.76 Å². The predicted octanol–water partition coefficient (Wildman–Crippen LogP) is 4.62. The number of carbonyl (C=O) groups excluding carboxylic acids is 1.